The van der Waals surface area contributed by atoms with Gasteiger partial charge in [0.15, 0.2) is 5.82 Å². The van der Waals surface area contributed by atoms with E-state index in [2.05, 4.69) is 21.2 Å². The van der Waals surface area contributed by atoms with Crippen molar-refractivity contribution in [1.82, 2.24) is 0 Å². The van der Waals surface area contributed by atoms with Crippen LogP contribution in [0.3, 0.4) is 0 Å². The third-order valence-electron chi connectivity index (χ3n) is 3.19. The molecule has 0 bridgehead atoms. The van der Waals surface area contributed by atoms with Gasteiger partial charge in [0, 0.05) is 6.04 Å². The SMILES string of the molecule is COc1ccc(C(C)Nc2ccc(C#N)c(Br)c2F)cc1. The van der Waals surface area contributed by atoms with E-state index in [0.717, 1.165) is 11.3 Å². The molecule has 0 amide bonds. The smallest absolute Gasteiger partial charge is 0.161 e. The molecule has 1 atom stereocenters. The number of ether oxygens (including phenoxy) is 1. The molecule has 0 heterocycles. The normalized spacial score (nSPS) is 11.6. The van der Waals surface area contributed by atoms with Crippen LogP contribution in [0.5, 0.6) is 5.75 Å². The molecule has 1 N–H and O–H groups in total. The molecule has 0 spiro atoms. The number of methoxy groups -OCH3 is 1. The van der Waals surface area contributed by atoms with Gasteiger partial charge in [-0.25, -0.2) is 4.39 Å². The maximum absolute atomic E-state index is 14.2. The Labute approximate surface area is 131 Å². The standard InChI is InChI=1S/C16H14BrFN2O/c1-10(11-3-6-13(21-2)7-4-11)20-14-8-5-12(9-19)15(17)16(14)18/h3-8,10,20H,1-2H3. The van der Waals surface area contributed by atoms with E-state index in [1.54, 1.807) is 19.2 Å². The second-order valence-corrected chi connectivity index (χ2v) is 5.33. The van der Waals surface area contributed by atoms with Gasteiger partial charge in [0.2, 0.25) is 0 Å². The molecule has 0 saturated heterocycles. The lowest BCUT2D eigenvalue weighted by Crippen LogP contribution is -2.08. The first-order valence-electron chi connectivity index (χ1n) is 6.35. The van der Waals surface area contributed by atoms with Gasteiger partial charge in [-0.1, -0.05) is 12.1 Å². The summed E-state index contributed by atoms with van der Waals surface area (Å²) in [5, 5.41) is 12.0. The zero-order valence-corrected chi connectivity index (χ0v) is 13.2. The molecule has 0 aliphatic rings. The quantitative estimate of drug-likeness (QED) is 0.875. The summed E-state index contributed by atoms with van der Waals surface area (Å²) in [4.78, 5) is 0. The summed E-state index contributed by atoms with van der Waals surface area (Å²) < 4.78 is 19.5. The number of hydrogen-bond acceptors (Lipinski definition) is 3. The summed E-state index contributed by atoms with van der Waals surface area (Å²) in [5.41, 5.74) is 1.63. The Morgan fingerprint density at radius 2 is 1.90 bits per heavy atom. The molecular formula is C16H14BrFN2O. The summed E-state index contributed by atoms with van der Waals surface area (Å²) in [6, 6.07) is 12.6. The van der Waals surface area contributed by atoms with Crippen molar-refractivity contribution in [1.29, 1.82) is 5.26 Å². The van der Waals surface area contributed by atoms with Gasteiger partial charge in [0.1, 0.15) is 11.8 Å². The Balaban J connectivity index is 2.21. The largest absolute Gasteiger partial charge is 0.497 e. The molecule has 1 unspecified atom stereocenters. The number of anilines is 1. The van der Waals surface area contributed by atoms with Crippen LogP contribution in [-0.2, 0) is 0 Å². The van der Waals surface area contributed by atoms with Crippen molar-refractivity contribution >= 4 is 21.6 Å². The highest BCUT2D eigenvalue weighted by molar-refractivity contribution is 9.10. The first kappa shape index (κ1) is 15.3. The first-order valence-corrected chi connectivity index (χ1v) is 7.14. The van der Waals surface area contributed by atoms with E-state index < -0.39 is 5.82 Å². The summed E-state index contributed by atoms with van der Waals surface area (Å²) >= 11 is 3.10. The molecule has 0 radical (unpaired) electrons. The van der Waals surface area contributed by atoms with Crippen molar-refractivity contribution in [3.63, 3.8) is 0 Å². The van der Waals surface area contributed by atoms with Crippen LogP contribution in [0.2, 0.25) is 0 Å². The third kappa shape index (κ3) is 3.34. The van der Waals surface area contributed by atoms with Crippen LogP contribution in [0.1, 0.15) is 24.1 Å². The molecular weight excluding hydrogens is 335 g/mol. The zero-order chi connectivity index (χ0) is 15.4. The number of benzene rings is 2. The Bertz CT molecular complexity index is 680. The van der Waals surface area contributed by atoms with Gasteiger partial charge < -0.3 is 10.1 Å². The van der Waals surface area contributed by atoms with E-state index in [4.69, 9.17) is 10.00 Å². The maximum Gasteiger partial charge on any atom is 0.161 e. The van der Waals surface area contributed by atoms with E-state index in [9.17, 15) is 4.39 Å². The van der Waals surface area contributed by atoms with Crippen LogP contribution >= 0.6 is 15.9 Å². The number of nitrogens with one attached hydrogen (secondary N) is 1. The molecule has 0 aliphatic carbocycles. The van der Waals surface area contributed by atoms with Crippen LogP contribution in [0, 0.1) is 17.1 Å². The summed E-state index contributed by atoms with van der Waals surface area (Å²) in [7, 11) is 1.61. The van der Waals surface area contributed by atoms with Crippen LogP contribution in [0.4, 0.5) is 10.1 Å². The number of rotatable bonds is 4. The lowest BCUT2D eigenvalue weighted by molar-refractivity contribution is 0.414. The minimum atomic E-state index is -0.464. The lowest BCUT2D eigenvalue weighted by Gasteiger charge is -2.17. The fourth-order valence-electron chi connectivity index (χ4n) is 1.96. The van der Waals surface area contributed by atoms with Gasteiger partial charge in [-0.3, -0.25) is 0 Å². The second-order valence-electron chi connectivity index (χ2n) is 4.54. The van der Waals surface area contributed by atoms with Gasteiger partial charge >= 0.3 is 0 Å². The highest BCUT2D eigenvalue weighted by atomic mass is 79.9. The number of nitrogens with zero attached hydrogens (tertiary/aromatic N) is 1. The summed E-state index contributed by atoms with van der Waals surface area (Å²) in [6.45, 7) is 1.94. The highest BCUT2D eigenvalue weighted by Crippen LogP contribution is 2.29. The van der Waals surface area contributed by atoms with Crippen molar-refractivity contribution in [2.75, 3.05) is 12.4 Å². The predicted octanol–water partition coefficient (Wildman–Crippen LogP) is 4.64. The molecule has 0 aliphatic heterocycles. The van der Waals surface area contributed by atoms with Crippen LogP contribution in [0.25, 0.3) is 0 Å². The Morgan fingerprint density at radius 3 is 2.48 bits per heavy atom. The minimum Gasteiger partial charge on any atom is -0.497 e. The monoisotopic (exact) mass is 348 g/mol. The molecule has 21 heavy (non-hydrogen) atoms. The highest BCUT2D eigenvalue weighted by Gasteiger charge is 2.13. The van der Waals surface area contributed by atoms with E-state index in [0.29, 0.717) is 5.69 Å². The van der Waals surface area contributed by atoms with E-state index in [1.165, 1.54) is 0 Å². The Morgan fingerprint density at radius 1 is 1.24 bits per heavy atom. The fourth-order valence-corrected chi connectivity index (χ4v) is 2.39. The van der Waals surface area contributed by atoms with Crippen LogP contribution in [-0.4, -0.2) is 7.11 Å². The Kier molecular flexibility index (Phi) is 4.81. The van der Waals surface area contributed by atoms with Gasteiger partial charge in [0.05, 0.1) is 22.8 Å². The maximum atomic E-state index is 14.2. The van der Waals surface area contributed by atoms with Crippen molar-refractivity contribution in [2.45, 2.75) is 13.0 Å². The summed E-state index contributed by atoms with van der Waals surface area (Å²) in [6.07, 6.45) is 0. The van der Waals surface area contributed by atoms with Crippen molar-refractivity contribution in [3.05, 3.63) is 57.8 Å². The summed E-state index contributed by atoms with van der Waals surface area (Å²) in [5.74, 6) is 0.313. The van der Waals surface area contributed by atoms with Gasteiger partial charge in [-0.2, -0.15) is 5.26 Å². The average molecular weight is 349 g/mol. The van der Waals surface area contributed by atoms with Gasteiger partial charge in [0.25, 0.3) is 0 Å². The van der Waals surface area contributed by atoms with Gasteiger partial charge in [-0.05, 0) is 52.7 Å². The average Bonchev–Trinajstić information content (AvgIpc) is 2.52. The predicted molar refractivity (Wildman–Crippen MR) is 83.8 cm³/mol. The second kappa shape index (κ2) is 6.59. The van der Waals surface area contributed by atoms with Crippen molar-refractivity contribution < 1.29 is 9.13 Å². The van der Waals surface area contributed by atoms with Crippen molar-refractivity contribution in [2.24, 2.45) is 0 Å². The lowest BCUT2D eigenvalue weighted by atomic mass is 10.1. The molecule has 2 aromatic carbocycles. The molecule has 3 nitrogen and oxygen atoms in total. The number of halogens is 2. The topological polar surface area (TPSA) is 45.0 Å². The molecule has 0 aromatic heterocycles. The van der Waals surface area contributed by atoms with Gasteiger partial charge in [-0.15, -0.1) is 0 Å². The molecule has 2 rings (SSSR count). The minimum absolute atomic E-state index is 0.0785. The molecule has 0 saturated carbocycles. The number of hydrogen-bond donors (Lipinski definition) is 1. The van der Waals surface area contributed by atoms with E-state index in [-0.39, 0.29) is 16.1 Å². The van der Waals surface area contributed by atoms with Crippen LogP contribution < -0.4 is 10.1 Å². The Hall–Kier alpha value is -2.06. The molecule has 2 aromatic rings. The van der Waals surface area contributed by atoms with Crippen LogP contribution in [0.15, 0.2) is 40.9 Å². The molecule has 0 fully saturated rings. The van der Waals surface area contributed by atoms with Crippen molar-refractivity contribution in [3.8, 4) is 11.8 Å². The molecule has 108 valence electrons. The first-order chi connectivity index (χ1) is 10.1. The third-order valence-corrected chi connectivity index (χ3v) is 3.97. The number of nitriles is 1. The van der Waals surface area contributed by atoms with E-state index in [1.807, 2.05) is 37.3 Å². The fraction of sp³-hybridized carbons (Fsp3) is 0.188. The zero-order valence-electron chi connectivity index (χ0n) is 11.7. The van der Waals surface area contributed by atoms with E-state index >= 15 is 0 Å². The molecule has 5 heteroatoms.